The van der Waals surface area contributed by atoms with Gasteiger partial charge in [-0.1, -0.05) is 28.8 Å². The molecule has 0 radical (unpaired) electrons. The molecule has 1 aliphatic heterocycles. The highest BCUT2D eigenvalue weighted by atomic mass is 35.5. The smallest absolute Gasteiger partial charge is 0.459 e. The topological polar surface area (TPSA) is 213 Å². The number of aliphatic hydroxyl groups excluding tert-OH is 1. The average Bonchev–Trinajstić information content (AvgIpc) is 3.09. The maximum atomic E-state index is 13.7. The first-order valence-electron chi connectivity index (χ1n) is 11.3. The summed E-state index contributed by atoms with van der Waals surface area (Å²) in [5, 5.41) is 17.3. The Morgan fingerprint density at radius 3 is 2.82 bits per heavy atom. The number of para-hydroxylation sites is 1. The van der Waals surface area contributed by atoms with E-state index in [1.165, 1.54) is 38.2 Å². The molecule has 1 aromatic heterocycles. The number of ether oxygens (including phenoxy) is 2. The zero-order chi connectivity index (χ0) is 28.1. The van der Waals surface area contributed by atoms with Crippen molar-refractivity contribution in [3.63, 3.8) is 0 Å². The highest BCUT2D eigenvalue weighted by molar-refractivity contribution is 7.52. The van der Waals surface area contributed by atoms with Gasteiger partial charge in [0.15, 0.2) is 6.23 Å². The molecule has 1 aliphatic rings. The molecule has 3 rings (SSSR count). The maximum absolute atomic E-state index is 13.7. The molecule has 38 heavy (non-hydrogen) atoms. The predicted octanol–water partition coefficient (Wildman–Crippen LogP) is 2.55. The largest absolute Gasteiger partial charge is 0.465 e. The van der Waals surface area contributed by atoms with Crippen LogP contribution in [-0.2, 0) is 23.4 Å². The van der Waals surface area contributed by atoms with Crippen molar-refractivity contribution in [2.24, 2.45) is 5.11 Å². The molecular weight excluding hydrogens is 545 g/mol. The number of rotatable bonds is 11. The second-order valence-corrected chi connectivity index (χ2v) is 10.4. The van der Waals surface area contributed by atoms with Crippen LogP contribution in [0.1, 0.15) is 27.0 Å². The predicted molar refractivity (Wildman–Crippen MR) is 135 cm³/mol. The number of nitrogen functional groups attached to an aromatic ring is 1. The van der Waals surface area contributed by atoms with E-state index in [-0.39, 0.29) is 23.2 Å². The van der Waals surface area contributed by atoms with E-state index < -0.39 is 56.0 Å². The number of aromatic nitrogens is 2. The number of nitrogens with one attached hydrogen (secondary N) is 1. The van der Waals surface area contributed by atoms with Crippen LogP contribution in [0.4, 0.5) is 5.82 Å². The van der Waals surface area contributed by atoms with Crippen LogP contribution < -0.4 is 21.0 Å². The van der Waals surface area contributed by atoms with Crippen molar-refractivity contribution in [2.45, 2.75) is 50.8 Å². The molecule has 1 aromatic carbocycles. The highest BCUT2D eigenvalue weighted by Crippen LogP contribution is 2.48. The van der Waals surface area contributed by atoms with Crippen molar-refractivity contribution in [3.8, 4) is 5.75 Å². The zero-order valence-corrected chi connectivity index (χ0v) is 22.3. The highest BCUT2D eigenvalue weighted by Gasteiger charge is 2.55. The van der Waals surface area contributed by atoms with Gasteiger partial charge in [-0.2, -0.15) is 10.1 Å². The Morgan fingerprint density at radius 1 is 1.47 bits per heavy atom. The Balaban J connectivity index is 1.89. The van der Waals surface area contributed by atoms with Crippen LogP contribution in [-0.4, -0.2) is 57.6 Å². The number of halogens is 1. The third-order valence-electron chi connectivity index (χ3n) is 5.57. The summed E-state index contributed by atoms with van der Waals surface area (Å²) < 4.78 is 36.6. The number of aliphatic hydroxyl groups is 1. The number of nitrogens with zero attached hydrogens (tertiary/aromatic N) is 5. The number of benzene rings is 1. The van der Waals surface area contributed by atoms with Crippen LogP contribution in [0.25, 0.3) is 10.4 Å². The Hall–Kier alpha value is -3.16. The van der Waals surface area contributed by atoms with Crippen LogP contribution in [0.15, 0.2) is 46.4 Å². The van der Waals surface area contributed by atoms with Gasteiger partial charge in [0.2, 0.25) is 0 Å². The van der Waals surface area contributed by atoms with Gasteiger partial charge < -0.3 is 24.8 Å². The molecule has 206 valence electrons. The van der Waals surface area contributed by atoms with E-state index in [0.29, 0.717) is 0 Å². The number of azide groups is 1. The van der Waals surface area contributed by atoms with Gasteiger partial charge in [-0.05, 0) is 44.5 Å². The number of hydrogen-bond acceptors (Lipinski definition) is 11. The number of carbonyl (C=O) groups excluding carboxylic acids is 1. The van der Waals surface area contributed by atoms with Gasteiger partial charge >= 0.3 is 19.4 Å². The third-order valence-corrected chi connectivity index (χ3v) is 7.52. The minimum Gasteiger partial charge on any atom is -0.465 e. The van der Waals surface area contributed by atoms with Crippen molar-refractivity contribution < 1.29 is 33.0 Å². The van der Waals surface area contributed by atoms with Crippen LogP contribution in [0, 0.1) is 0 Å². The maximum Gasteiger partial charge on any atom is 0.459 e. The van der Waals surface area contributed by atoms with Crippen molar-refractivity contribution >= 4 is 31.1 Å². The van der Waals surface area contributed by atoms with E-state index in [4.69, 9.17) is 41.4 Å². The average molecular weight is 572 g/mol. The van der Waals surface area contributed by atoms with E-state index in [0.717, 1.165) is 4.57 Å². The lowest BCUT2D eigenvalue weighted by molar-refractivity contribution is -0.144. The molecule has 0 aliphatic carbocycles. The minimum atomic E-state index is -4.37. The van der Waals surface area contributed by atoms with Crippen LogP contribution in [0.5, 0.6) is 5.75 Å². The Labute approximate surface area is 222 Å². The van der Waals surface area contributed by atoms with E-state index in [1.54, 1.807) is 19.1 Å². The molecule has 0 saturated carbocycles. The summed E-state index contributed by atoms with van der Waals surface area (Å²) in [6, 6.07) is 6.34. The van der Waals surface area contributed by atoms with Gasteiger partial charge in [0.1, 0.15) is 29.3 Å². The van der Waals surface area contributed by atoms with Crippen molar-refractivity contribution in [1.29, 1.82) is 0 Å². The van der Waals surface area contributed by atoms with E-state index in [9.17, 15) is 19.3 Å². The fourth-order valence-electron chi connectivity index (χ4n) is 3.65. The van der Waals surface area contributed by atoms with Gasteiger partial charge in [-0.15, -0.1) is 0 Å². The molecule has 15 nitrogen and oxygen atoms in total. The number of anilines is 1. The van der Waals surface area contributed by atoms with Gasteiger partial charge in [0.25, 0.3) is 0 Å². The molecule has 4 N–H and O–H groups in total. The molecule has 6 atom stereocenters. The fourth-order valence-corrected chi connectivity index (χ4v) is 5.40. The zero-order valence-electron chi connectivity index (χ0n) is 20.6. The standard InChI is InChI=1S/C21H27ClN7O8P/c1-4-34-18(31)12(2)26-38(33,37-14-8-6-5-7-13(14)22)35-11-15-17(30)21(3,27-28-24)19(36-15)29-10-9-16(23)25-20(29)32/h5-10,12,15,17,19,30H,4,11H2,1-3H3,(H,26,33)(H2,23,25,32)/t12-,15+,17+,19?,21+,38?/m0/s1. The number of nitrogens with two attached hydrogens (primary N) is 1. The van der Waals surface area contributed by atoms with Crippen molar-refractivity contribution in [1.82, 2.24) is 14.6 Å². The molecule has 2 unspecified atom stereocenters. The van der Waals surface area contributed by atoms with Gasteiger partial charge in [-0.25, -0.2) is 9.36 Å². The Bertz CT molecular complexity index is 1320. The van der Waals surface area contributed by atoms with E-state index in [2.05, 4.69) is 20.1 Å². The van der Waals surface area contributed by atoms with Gasteiger partial charge in [0, 0.05) is 11.1 Å². The SMILES string of the molecule is CCOC(=O)[C@H](C)NP(=O)(OC[C@H]1OC(n2ccc(N)nc2=O)[C@](C)(N=[N+]=[N-])[C@@H]1O)Oc1ccccc1Cl. The molecular formula is C21H27ClN7O8P. The van der Waals surface area contributed by atoms with E-state index >= 15 is 0 Å². The summed E-state index contributed by atoms with van der Waals surface area (Å²) in [5.41, 5.74) is 12.1. The monoisotopic (exact) mass is 571 g/mol. The lowest BCUT2D eigenvalue weighted by atomic mass is 9.93. The molecule has 0 bridgehead atoms. The molecule has 2 heterocycles. The molecule has 1 saturated heterocycles. The summed E-state index contributed by atoms with van der Waals surface area (Å²) in [6.07, 6.45) is -2.87. The first-order chi connectivity index (χ1) is 17.9. The van der Waals surface area contributed by atoms with Crippen LogP contribution in [0.3, 0.4) is 0 Å². The molecule has 17 heteroatoms. The summed E-state index contributed by atoms with van der Waals surface area (Å²) in [7, 11) is -4.37. The molecule has 0 spiro atoms. The van der Waals surface area contributed by atoms with Crippen molar-refractivity contribution in [3.05, 3.63) is 62.5 Å². The number of esters is 1. The minimum absolute atomic E-state index is 0.00903. The fraction of sp³-hybridized carbons (Fsp3) is 0.476. The number of hydrogen-bond donors (Lipinski definition) is 3. The first-order valence-corrected chi connectivity index (χ1v) is 13.2. The summed E-state index contributed by atoms with van der Waals surface area (Å²) >= 11 is 6.14. The second kappa shape index (κ2) is 12.1. The lowest BCUT2D eigenvalue weighted by Crippen LogP contribution is -2.45. The summed E-state index contributed by atoms with van der Waals surface area (Å²) in [6.45, 7) is 3.86. The Morgan fingerprint density at radius 2 is 2.18 bits per heavy atom. The van der Waals surface area contributed by atoms with E-state index in [1.807, 2.05) is 0 Å². The quantitative estimate of drug-likeness (QED) is 0.117. The molecule has 2 aromatic rings. The Kier molecular flexibility index (Phi) is 9.39. The number of carbonyl (C=O) groups is 1. The summed E-state index contributed by atoms with van der Waals surface area (Å²) in [5.74, 6) is -0.776. The normalized spacial score (nSPS) is 25.1. The summed E-state index contributed by atoms with van der Waals surface area (Å²) in [4.78, 5) is 31.0. The second-order valence-electron chi connectivity index (χ2n) is 8.35. The van der Waals surface area contributed by atoms with Crippen LogP contribution in [0.2, 0.25) is 5.02 Å². The third kappa shape index (κ3) is 6.45. The van der Waals surface area contributed by atoms with Crippen molar-refractivity contribution in [2.75, 3.05) is 18.9 Å². The van der Waals surface area contributed by atoms with Crippen LogP contribution >= 0.6 is 19.3 Å². The van der Waals surface area contributed by atoms with Gasteiger partial charge in [0.05, 0.1) is 24.3 Å². The molecule has 0 amide bonds. The lowest BCUT2D eigenvalue weighted by Gasteiger charge is -2.28. The molecule has 1 fully saturated rings. The van der Waals surface area contributed by atoms with Gasteiger partial charge in [-0.3, -0.25) is 13.9 Å². The first kappa shape index (κ1) is 29.4.